The first-order valence-electron chi connectivity index (χ1n) is 11.0. The van der Waals surface area contributed by atoms with Crippen molar-refractivity contribution in [2.24, 2.45) is 5.92 Å². The van der Waals surface area contributed by atoms with Crippen molar-refractivity contribution in [2.75, 3.05) is 24.1 Å². The van der Waals surface area contributed by atoms with Crippen molar-refractivity contribution >= 4 is 35.1 Å². The van der Waals surface area contributed by atoms with E-state index in [9.17, 15) is 13.6 Å². The minimum atomic E-state index is -0.512. The van der Waals surface area contributed by atoms with Crippen LogP contribution in [0.4, 0.5) is 14.5 Å². The average molecular weight is 479 g/mol. The lowest BCUT2D eigenvalue weighted by molar-refractivity contribution is -0.152. The predicted molar refractivity (Wildman–Crippen MR) is 123 cm³/mol. The first-order chi connectivity index (χ1) is 15.5. The van der Waals surface area contributed by atoms with Gasteiger partial charge in [-0.05, 0) is 73.4 Å². The maximum atomic E-state index is 14.7. The Kier molecular flexibility index (Phi) is 6.32. The Labute approximate surface area is 196 Å². The van der Waals surface area contributed by atoms with Crippen molar-refractivity contribution in [1.29, 1.82) is 0 Å². The second-order valence-corrected chi connectivity index (χ2v) is 10.5. The zero-order valence-corrected chi connectivity index (χ0v) is 19.1. The fourth-order valence-electron chi connectivity index (χ4n) is 4.30. The van der Waals surface area contributed by atoms with Gasteiger partial charge in [0.15, 0.2) is 0 Å². The van der Waals surface area contributed by atoms with E-state index in [1.807, 2.05) is 15.3 Å². The van der Waals surface area contributed by atoms with E-state index in [1.165, 1.54) is 18.2 Å². The largest absolute Gasteiger partial charge is 0.369 e. The van der Waals surface area contributed by atoms with Gasteiger partial charge in [0.2, 0.25) is 5.91 Å². The molecular formula is C24H25ClF2N2O2S. The third kappa shape index (κ3) is 4.75. The van der Waals surface area contributed by atoms with Crippen LogP contribution in [0, 0.1) is 17.6 Å². The Hall–Kier alpha value is -1.83. The summed E-state index contributed by atoms with van der Waals surface area (Å²) in [6.45, 7) is 0.821. The number of benzene rings is 2. The third-order valence-electron chi connectivity index (χ3n) is 6.25. The molecule has 2 unspecified atom stereocenters. The van der Waals surface area contributed by atoms with Crippen LogP contribution in [0.25, 0.3) is 0 Å². The first kappa shape index (κ1) is 22.0. The summed E-state index contributed by atoms with van der Waals surface area (Å²) in [4.78, 5) is 15.0. The first-order valence-corrected chi connectivity index (χ1v) is 12.3. The van der Waals surface area contributed by atoms with Crippen molar-refractivity contribution in [3.8, 4) is 0 Å². The van der Waals surface area contributed by atoms with Gasteiger partial charge in [0.25, 0.3) is 0 Å². The highest BCUT2D eigenvalue weighted by molar-refractivity contribution is 8.01. The van der Waals surface area contributed by atoms with Gasteiger partial charge in [-0.15, -0.1) is 0 Å². The molecule has 2 aromatic carbocycles. The van der Waals surface area contributed by atoms with Crippen LogP contribution in [0.3, 0.4) is 0 Å². The molecule has 1 aliphatic heterocycles. The van der Waals surface area contributed by atoms with E-state index in [-0.39, 0.29) is 29.4 Å². The molecule has 2 aromatic rings. The van der Waals surface area contributed by atoms with Crippen molar-refractivity contribution in [3.63, 3.8) is 0 Å². The fraction of sp³-hybridized carbons (Fsp3) is 0.458. The molecule has 32 heavy (non-hydrogen) atoms. The summed E-state index contributed by atoms with van der Waals surface area (Å²) >= 11 is 7.55. The number of rotatable bonds is 8. The van der Waals surface area contributed by atoms with Crippen molar-refractivity contribution in [1.82, 2.24) is 4.90 Å². The standard InChI is InChI=1S/C24H25ClF2N2O2S/c25-18-10-7-16(11-20(18)27)23-13-31-14-24(30)29(23)22(15-5-6-15)12-28(32-17-8-9-17)21-4-2-1-3-19(21)26/h1-4,7,10-11,15,17,22-23H,5-6,8-9,12-14H2. The van der Waals surface area contributed by atoms with Gasteiger partial charge in [-0.25, -0.2) is 8.78 Å². The minimum absolute atomic E-state index is 0.00522. The Bertz CT molecular complexity index is 1000. The molecule has 1 amide bonds. The van der Waals surface area contributed by atoms with Crippen molar-refractivity contribution in [2.45, 2.75) is 43.0 Å². The van der Waals surface area contributed by atoms with Gasteiger partial charge in [-0.1, -0.05) is 29.8 Å². The zero-order valence-electron chi connectivity index (χ0n) is 17.6. The summed E-state index contributed by atoms with van der Waals surface area (Å²) < 4.78 is 36.5. The topological polar surface area (TPSA) is 32.8 Å². The van der Waals surface area contributed by atoms with Crippen molar-refractivity contribution in [3.05, 3.63) is 64.7 Å². The number of nitrogens with zero attached hydrogens (tertiary/aromatic N) is 2. The van der Waals surface area contributed by atoms with Gasteiger partial charge in [-0.3, -0.25) is 4.79 Å². The molecule has 0 radical (unpaired) electrons. The van der Waals surface area contributed by atoms with Crippen LogP contribution in [0.15, 0.2) is 42.5 Å². The lowest BCUT2D eigenvalue weighted by atomic mass is 10.00. The van der Waals surface area contributed by atoms with Gasteiger partial charge in [0.05, 0.1) is 35.9 Å². The lowest BCUT2D eigenvalue weighted by Gasteiger charge is -2.43. The Morgan fingerprint density at radius 2 is 1.91 bits per heavy atom. The number of carbonyl (C=O) groups excluding carboxylic acids is 1. The third-order valence-corrected chi connectivity index (χ3v) is 7.93. The fourth-order valence-corrected chi connectivity index (χ4v) is 5.62. The van der Waals surface area contributed by atoms with Crippen LogP contribution in [-0.4, -0.2) is 41.9 Å². The molecule has 2 atom stereocenters. The van der Waals surface area contributed by atoms with Gasteiger partial charge >= 0.3 is 0 Å². The second kappa shape index (κ2) is 9.20. The maximum Gasteiger partial charge on any atom is 0.249 e. The molecule has 0 aromatic heterocycles. The average Bonchev–Trinajstić information content (AvgIpc) is 3.68. The molecule has 0 spiro atoms. The van der Waals surface area contributed by atoms with Crippen molar-refractivity contribution < 1.29 is 18.3 Å². The van der Waals surface area contributed by atoms with Crippen LogP contribution in [-0.2, 0) is 9.53 Å². The minimum Gasteiger partial charge on any atom is -0.369 e. The van der Waals surface area contributed by atoms with E-state index in [4.69, 9.17) is 16.3 Å². The number of morpholine rings is 1. The summed E-state index contributed by atoms with van der Waals surface area (Å²) in [5.74, 6) is -0.550. The Morgan fingerprint density at radius 1 is 1.12 bits per heavy atom. The number of halogens is 3. The van der Waals surface area contributed by atoms with Crippen LogP contribution in [0.5, 0.6) is 0 Å². The summed E-state index contributed by atoms with van der Waals surface area (Å²) in [6, 6.07) is 10.9. The van der Waals surface area contributed by atoms with Crippen LogP contribution < -0.4 is 4.31 Å². The zero-order chi connectivity index (χ0) is 22.2. The van der Waals surface area contributed by atoms with Gasteiger partial charge < -0.3 is 13.9 Å². The molecule has 170 valence electrons. The van der Waals surface area contributed by atoms with Crippen LogP contribution >= 0.6 is 23.5 Å². The van der Waals surface area contributed by atoms with Gasteiger partial charge in [-0.2, -0.15) is 0 Å². The Morgan fingerprint density at radius 3 is 2.59 bits per heavy atom. The van der Waals surface area contributed by atoms with Crippen LogP contribution in [0.1, 0.15) is 37.3 Å². The summed E-state index contributed by atoms with van der Waals surface area (Å²) in [5.41, 5.74) is 1.21. The molecule has 0 N–H and O–H groups in total. The number of amides is 1. The van der Waals surface area contributed by atoms with E-state index in [0.717, 1.165) is 25.7 Å². The monoisotopic (exact) mass is 478 g/mol. The number of hydrogen-bond donors (Lipinski definition) is 0. The summed E-state index contributed by atoms with van der Waals surface area (Å²) in [6.07, 6.45) is 4.28. The molecule has 0 bridgehead atoms. The normalized spacial score (nSPS) is 22.2. The molecule has 5 rings (SSSR count). The summed E-state index contributed by atoms with van der Waals surface area (Å²) in [5, 5.41) is 0.532. The van der Waals surface area contributed by atoms with E-state index in [1.54, 1.807) is 30.1 Å². The number of ether oxygens (including phenoxy) is 1. The summed E-state index contributed by atoms with van der Waals surface area (Å²) in [7, 11) is 0. The number of anilines is 1. The smallest absolute Gasteiger partial charge is 0.249 e. The predicted octanol–water partition coefficient (Wildman–Crippen LogP) is 5.61. The highest BCUT2D eigenvalue weighted by atomic mass is 35.5. The van der Waals surface area contributed by atoms with E-state index < -0.39 is 11.9 Å². The van der Waals surface area contributed by atoms with E-state index in [0.29, 0.717) is 35.6 Å². The Balaban J connectivity index is 1.47. The molecule has 1 heterocycles. The highest BCUT2D eigenvalue weighted by Gasteiger charge is 2.44. The van der Waals surface area contributed by atoms with E-state index >= 15 is 0 Å². The maximum absolute atomic E-state index is 14.7. The molecule has 1 saturated heterocycles. The molecular weight excluding hydrogens is 454 g/mol. The molecule has 4 nitrogen and oxygen atoms in total. The number of hydrogen-bond acceptors (Lipinski definition) is 4. The van der Waals surface area contributed by atoms with E-state index in [2.05, 4.69) is 0 Å². The highest BCUT2D eigenvalue weighted by Crippen LogP contribution is 2.44. The SMILES string of the molecule is O=C1COCC(c2ccc(Cl)c(F)c2)N1C(CN(SC1CC1)c1ccccc1F)C1CC1. The number of para-hydroxylation sites is 1. The molecule has 8 heteroatoms. The number of carbonyl (C=O) groups is 1. The molecule has 2 aliphatic carbocycles. The molecule has 2 saturated carbocycles. The van der Waals surface area contributed by atoms with Crippen LogP contribution in [0.2, 0.25) is 5.02 Å². The second-order valence-electron chi connectivity index (χ2n) is 8.73. The molecule has 3 aliphatic rings. The lowest BCUT2D eigenvalue weighted by Crippen LogP contribution is -2.53. The van der Waals surface area contributed by atoms with Gasteiger partial charge in [0, 0.05) is 5.25 Å². The molecule has 3 fully saturated rings. The quantitative estimate of drug-likeness (QED) is 0.461. The van der Waals surface area contributed by atoms with Gasteiger partial charge in [0.1, 0.15) is 18.2 Å².